The van der Waals surface area contributed by atoms with Crippen molar-refractivity contribution in [3.63, 3.8) is 0 Å². The Kier molecular flexibility index (Phi) is 2.89. The van der Waals surface area contributed by atoms with Gasteiger partial charge in [-0.15, -0.1) is 0 Å². The zero-order chi connectivity index (χ0) is 9.26. The van der Waals surface area contributed by atoms with Gasteiger partial charge in [0, 0.05) is 18.6 Å². The van der Waals surface area contributed by atoms with Gasteiger partial charge in [-0.3, -0.25) is 0 Å². The minimum absolute atomic E-state index is 0.774. The first-order valence-corrected chi connectivity index (χ1v) is 5.70. The molecule has 0 amide bonds. The second-order valence-corrected chi connectivity index (χ2v) is 4.93. The van der Waals surface area contributed by atoms with Gasteiger partial charge in [-0.1, -0.05) is 13.3 Å². The standard InChI is InChI=1S/C11H22N2/c1-9-4-3-5-11(9)12-10-6-7-13(2)8-10/h9-12H,3-8H2,1-2H3/t9-,10-,11-/m1/s1. The number of hydrogen-bond donors (Lipinski definition) is 1. The molecule has 1 aliphatic carbocycles. The van der Waals surface area contributed by atoms with Crippen molar-refractivity contribution in [3.8, 4) is 0 Å². The van der Waals surface area contributed by atoms with E-state index in [1.54, 1.807) is 0 Å². The molecule has 2 fully saturated rings. The van der Waals surface area contributed by atoms with Gasteiger partial charge in [0.15, 0.2) is 0 Å². The fourth-order valence-corrected chi connectivity index (χ4v) is 2.77. The maximum absolute atomic E-state index is 3.82. The Morgan fingerprint density at radius 2 is 2.08 bits per heavy atom. The summed E-state index contributed by atoms with van der Waals surface area (Å²) < 4.78 is 0. The Labute approximate surface area is 81.7 Å². The van der Waals surface area contributed by atoms with Crippen molar-refractivity contribution in [2.45, 2.75) is 44.7 Å². The highest BCUT2D eigenvalue weighted by molar-refractivity contribution is 4.87. The number of nitrogens with one attached hydrogen (secondary N) is 1. The summed E-state index contributed by atoms with van der Waals surface area (Å²) in [5.41, 5.74) is 0. The van der Waals surface area contributed by atoms with Crippen molar-refractivity contribution in [1.29, 1.82) is 0 Å². The van der Waals surface area contributed by atoms with Gasteiger partial charge in [0.2, 0.25) is 0 Å². The number of hydrogen-bond acceptors (Lipinski definition) is 2. The number of nitrogens with zero attached hydrogens (tertiary/aromatic N) is 1. The van der Waals surface area contributed by atoms with E-state index in [0.717, 1.165) is 18.0 Å². The molecular weight excluding hydrogens is 160 g/mol. The van der Waals surface area contributed by atoms with Crippen molar-refractivity contribution in [3.05, 3.63) is 0 Å². The van der Waals surface area contributed by atoms with Gasteiger partial charge in [0.25, 0.3) is 0 Å². The quantitative estimate of drug-likeness (QED) is 0.695. The van der Waals surface area contributed by atoms with Crippen LogP contribution in [0.5, 0.6) is 0 Å². The van der Waals surface area contributed by atoms with E-state index in [1.807, 2.05) is 0 Å². The van der Waals surface area contributed by atoms with Crippen molar-refractivity contribution in [2.75, 3.05) is 20.1 Å². The zero-order valence-electron chi connectivity index (χ0n) is 8.92. The van der Waals surface area contributed by atoms with Gasteiger partial charge in [-0.05, 0) is 38.8 Å². The molecule has 1 saturated carbocycles. The van der Waals surface area contributed by atoms with Crippen molar-refractivity contribution >= 4 is 0 Å². The summed E-state index contributed by atoms with van der Waals surface area (Å²) in [5.74, 6) is 0.908. The van der Waals surface area contributed by atoms with Gasteiger partial charge in [0.05, 0.1) is 0 Å². The highest BCUT2D eigenvalue weighted by Gasteiger charge is 2.27. The van der Waals surface area contributed by atoms with E-state index in [-0.39, 0.29) is 0 Å². The van der Waals surface area contributed by atoms with Crippen LogP contribution in [0.15, 0.2) is 0 Å². The second-order valence-electron chi connectivity index (χ2n) is 4.93. The average Bonchev–Trinajstić information content (AvgIpc) is 2.64. The SMILES string of the molecule is C[C@@H]1CCC[C@H]1N[C@@H]1CCN(C)C1. The van der Waals surface area contributed by atoms with Gasteiger partial charge in [0.1, 0.15) is 0 Å². The predicted molar refractivity (Wildman–Crippen MR) is 55.8 cm³/mol. The molecule has 1 aliphatic heterocycles. The normalized spacial score (nSPS) is 41.5. The Balaban J connectivity index is 1.77. The lowest BCUT2D eigenvalue weighted by molar-refractivity contribution is 0.353. The van der Waals surface area contributed by atoms with Crippen LogP contribution in [0.3, 0.4) is 0 Å². The van der Waals surface area contributed by atoms with Crippen LogP contribution in [-0.4, -0.2) is 37.1 Å². The van der Waals surface area contributed by atoms with E-state index in [0.29, 0.717) is 0 Å². The Morgan fingerprint density at radius 3 is 2.62 bits per heavy atom. The minimum atomic E-state index is 0.774. The lowest BCUT2D eigenvalue weighted by Crippen LogP contribution is -2.40. The molecule has 1 heterocycles. The molecule has 0 aromatic rings. The first-order valence-electron chi connectivity index (χ1n) is 5.70. The summed E-state index contributed by atoms with van der Waals surface area (Å²) in [6.45, 7) is 4.92. The van der Waals surface area contributed by atoms with Crippen LogP contribution in [0.1, 0.15) is 32.6 Å². The Morgan fingerprint density at radius 1 is 1.23 bits per heavy atom. The highest BCUT2D eigenvalue weighted by atomic mass is 15.2. The summed E-state index contributed by atoms with van der Waals surface area (Å²) >= 11 is 0. The molecule has 1 saturated heterocycles. The van der Waals surface area contributed by atoms with Gasteiger partial charge < -0.3 is 10.2 Å². The maximum atomic E-state index is 3.82. The van der Waals surface area contributed by atoms with E-state index < -0.39 is 0 Å². The molecule has 0 aromatic carbocycles. The molecular formula is C11H22N2. The molecule has 76 valence electrons. The fraction of sp³-hybridized carbons (Fsp3) is 1.00. The fourth-order valence-electron chi connectivity index (χ4n) is 2.77. The molecule has 0 radical (unpaired) electrons. The minimum Gasteiger partial charge on any atom is -0.310 e. The van der Waals surface area contributed by atoms with E-state index in [9.17, 15) is 0 Å². The van der Waals surface area contributed by atoms with Crippen molar-refractivity contribution in [2.24, 2.45) is 5.92 Å². The molecule has 0 unspecified atom stereocenters. The monoisotopic (exact) mass is 182 g/mol. The smallest absolute Gasteiger partial charge is 0.0209 e. The summed E-state index contributed by atoms with van der Waals surface area (Å²) in [5, 5.41) is 3.82. The second kappa shape index (κ2) is 3.97. The molecule has 0 aromatic heterocycles. The number of rotatable bonds is 2. The molecule has 0 spiro atoms. The number of likely N-dealkylation sites (N-methyl/N-ethyl adjacent to an activating group) is 1. The zero-order valence-corrected chi connectivity index (χ0v) is 8.92. The third kappa shape index (κ3) is 2.23. The third-order valence-electron chi connectivity index (χ3n) is 3.70. The highest BCUT2D eigenvalue weighted by Crippen LogP contribution is 2.25. The van der Waals surface area contributed by atoms with Crippen LogP contribution >= 0.6 is 0 Å². The van der Waals surface area contributed by atoms with Crippen LogP contribution in [0.25, 0.3) is 0 Å². The molecule has 1 N–H and O–H groups in total. The Bertz CT molecular complexity index is 169. The molecule has 2 rings (SSSR count). The van der Waals surface area contributed by atoms with Crippen LogP contribution in [-0.2, 0) is 0 Å². The third-order valence-corrected chi connectivity index (χ3v) is 3.70. The lowest BCUT2D eigenvalue weighted by Gasteiger charge is -2.22. The summed E-state index contributed by atoms with van der Waals surface area (Å²) in [6, 6.07) is 1.59. The molecule has 13 heavy (non-hydrogen) atoms. The average molecular weight is 182 g/mol. The molecule has 3 atom stereocenters. The molecule has 2 heteroatoms. The lowest BCUT2D eigenvalue weighted by atomic mass is 10.1. The molecule has 0 bridgehead atoms. The van der Waals surface area contributed by atoms with Crippen LogP contribution in [0.4, 0.5) is 0 Å². The first-order chi connectivity index (χ1) is 6.25. The van der Waals surface area contributed by atoms with Crippen LogP contribution in [0, 0.1) is 5.92 Å². The summed E-state index contributed by atoms with van der Waals surface area (Å²) in [6.07, 6.45) is 5.61. The van der Waals surface area contributed by atoms with E-state index >= 15 is 0 Å². The predicted octanol–water partition coefficient (Wildman–Crippen LogP) is 1.47. The first kappa shape index (κ1) is 9.47. The van der Waals surface area contributed by atoms with E-state index in [1.165, 1.54) is 38.8 Å². The maximum Gasteiger partial charge on any atom is 0.0209 e. The van der Waals surface area contributed by atoms with E-state index in [2.05, 4.69) is 24.2 Å². The van der Waals surface area contributed by atoms with Crippen molar-refractivity contribution in [1.82, 2.24) is 10.2 Å². The Hall–Kier alpha value is -0.0800. The van der Waals surface area contributed by atoms with Gasteiger partial charge >= 0.3 is 0 Å². The topological polar surface area (TPSA) is 15.3 Å². The molecule has 2 aliphatic rings. The van der Waals surface area contributed by atoms with Crippen molar-refractivity contribution < 1.29 is 0 Å². The molecule has 2 nitrogen and oxygen atoms in total. The largest absolute Gasteiger partial charge is 0.310 e. The van der Waals surface area contributed by atoms with Gasteiger partial charge in [-0.25, -0.2) is 0 Å². The van der Waals surface area contributed by atoms with Gasteiger partial charge in [-0.2, -0.15) is 0 Å². The van der Waals surface area contributed by atoms with E-state index in [4.69, 9.17) is 0 Å². The van der Waals surface area contributed by atoms with Crippen LogP contribution < -0.4 is 5.32 Å². The summed E-state index contributed by atoms with van der Waals surface area (Å²) in [4.78, 5) is 2.43. The summed E-state index contributed by atoms with van der Waals surface area (Å²) in [7, 11) is 2.22. The van der Waals surface area contributed by atoms with Crippen LogP contribution in [0.2, 0.25) is 0 Å². The number of likely N-dealkylation sites (tertiary alicyclic amines) is 1.